The molecule has 0 bridgehead atoms. The highest BCUT2D eigenvalue weighted by atomic mass is 19.1. The van der Waals surface area contributed by atoms with E-state index in [0.717, 1.165) is 22.8 Å². The summed E-state index contributed by atoms with van der Waals surface area (Å²) < 4.78 is 46.4. The molecule has 0 spiro atoms. The quantitative estimate of drug-likeness (QED) is 0.503. The number of rotatable bonds is 6. The van der Waals surface area contributed by atoms with Gasteiger partial charge < -0.3 is 14.2 Å². The molecule has 3 nitrogen and oxygen atoms in total. The monoisotopic (exact) mass is 398 g/mol. The molecule has 1 aliphatic heterocycles. The van der Waals surface area contributed by atoms with Gasteiger partial charge in [0.25, 0.3) is 0 Å². The van der Waals surface area contributed by atoms with Crippen LogP contribution in [-0.4, -0.2) is 12.7 Å². The van der Waals surface area contributed by atoms with Gasteiger partial charge >= 0.3 is 0 Å². The molecule has 0 N–H and O–H groups in total. The summed E-state index contributed by atoms with van der Waals surface area (Å²) in [5.41, 5.74) is 1.16. The lowest BCUT2D eigenvalue weighted by atomic mass is 10.0. The predicted octanol–water partition coefficient (Wildman–Crippen LogP) is 6.09. The zero-order chi connectivity index (χ0) is 20.4. The zero-order valence-electron chi connectivity index (χ0n) is 16.6. The van der Waals surface area contributed by atoms with Crippen LogP contribution in [-0.2, 0) is 21.9 Å². The van der Waals surface area contributed by atoms with Crippen molar-refractivity contribution in [2.75, 3.05) is 6.61 Å². The van der Waals surface area contributed by atoms with Crippen LogP contribution in [0.1, 0.15) is 37.8 Å². The van der Waals surface area contributed by atoms with E-state index < -0.39 is 11.6 Å². The van der Waals surface area contributed by atoms with E-state index >= 15 is 0 Å². The molecule has 1 fully saturated rings. The van der Waals surface area contributed by atoms with Crippen LogP contribution in [0.25, 0.3) is 10.8 Å². The molecule has 1 saturated heterocycles. The highest BCUT2D eigenvalue weighted by Crippen LogP contribution is 2.43. The Bertz CT molecular complexity index is 1020. The molecule has 1 heterocycles. The Labute approximate surface area is 169 Å². The van der Waals surface area contributed by atoms with Crippen molar-refractivity contribution in [1.82, 2.24) is 0 Å². The normalized spacial score (nSPS) is 21.6. The number of benzene rings is 3. The fourth-order valence-electron chi connectivity index (χ4n) is 3.77. The molecular weight excluding hydrogens is 374 g/mol. The number of halogens is 2. The first-order chi connectivity index (χ1) is 14.0. The lowest BCUT2D eigenvalue weighted by Crippen LogP contribution is -2.29. The van der Waals surface area contributed by atoms with E-state index in [9.17, 15) is 8.78 Å². The van der Waals surface area contributed by atoms with Crippen molar-refractivity contribution >= 4 is 10.8 Å². The number of fused-ring (bicyclic) bond motifs is 1. The summed E-state index contributed by atoms with van der Waals surface area (Å²) in [6.45, 7) is 4.57. The van der Waals surface area contributed by atoms with Crippen molar-refractivity contribution in [3.8, 4) is 5.75 Å². The first kappa shape index (κ1) is 19.8. The van der Waals surface area contributed by atoms with Crippen LogP contribution in [0.3, 0.4) is 0 Å². The van der Waals surface area contributed by atoms with E-state index in [1.165, 1.54) is 18.2 Å². The van der Waals surface area contributed by atoms with Crippen LogP contribution < -0.4 is 4.74 Å². The smallest absolute Gasteiger partial charge is 0.201 e. The van der Waals surface area contributed by atoms with E-state index in [2.05, 4.69) is 0 Å². The Morgan fingerprint density at radius 2 is 1.86 bits per heavy atom. The summed E-state index contributed by atoms with van der Waals surface area (Å²) in [6.07, 6.45) is 1.19. The van der Waals surface area contributed by atoms with Crippen molar-refractivity contribution in [2.45, 2.75) is 45.2 Å². The number of hydrogen-bond donors (Lipinski definition) is 0. The Balaban J connectivity index is 1.62. The molecule has 0 amide bonds. The molecule has 29 heavy (non-hydrogen) atoms. The van der Waals surface area contributed by atoms with E-state index in [1.54, 1.807) is 18.2 Å². The lowest BCUT2D eigenvalue weighted by Gasteiger charge is -2.29. The first-order valence-electron chi connectivity index (χ1n) is 9.96. The maximum Gasteiger partial charge on any atom is 0.201 e. The van der Waals surface area contributed by atoms with Crippen LogP contribution in [0.4, 0.5) is 8.78 Å². The largest absolute Gasteiger partial charge is 0.488 e. The van der Waals surface area contributed by atoms with Gasteiger partial charge in [-0.25, -0.2) is 8.78 Å². The minimum atomic E-state index is -1.14. The average Bonchev–Trinajstić information content (AvgIpc) is 3.16. The van der Waals surface area contributed by atoms with Gasteiger partial charge in [0.15, 0.2) is 0 Å². The third-order valence-corrected chi connectivity index (χ3v) is 5.40. The van der Waals surface area contributed by atoms with Crippen LogP contribution in [0.2, 0.25) is 0 Å². The van der Waals surface area contributed by atoms with Crippen LogP contribution in [0, 0.1) is 11.6 Å². The van der Waals surface area contributed by atoms with E-state index in [4.69, 9.17) is 14.2 Å². The van der Waals surface area contributed by atoms with Crippen molar-refractivity contribution in [2.24, 2.45) is 0 Å². The SMILES string of the molecule is CCC1COC(CC)(c2c(F)cccc2OCc2ccc3ccc(F)cc3c2)O1. The number of hydrogen-bond acceptors (Lipinski definition) is 3. The van der Waals surface area contributed by atoms with Crippen LogP contribution >= 0.6 is 0 Å². The third kappa shape index (κ3) is 3.85. The summed E-state index contributed by atoms with van der Waals surface area (Å²) in [6, 6.07) is 15.1. The molecule has 2 unspecified atom stereocenters. The van der Waals surface area contributed by atoms with E-state index in [1.807, 2.05) is 32.0 Å². The van der Waals surface area contributed by atoms with E-state index in [-0.39, 0.29) is 18.5 Å². The molecule has 0 radical (unpaired) electrons. The highest BCUT2D eigenvalue weighted by Gasteiger charge is 2.45. The summed E-state index contributed by atoms with van der Waals surface area (Å²) >= 11 is 0. The molecule has 1 aliphatic rings. The molecule has 2 atom stereocenters. The fraction of sp³-hybridized carbons (Fsp3) is 0.333. The lowest BCUT2D eigenvalue weighted by molar-refractivity contribution is -0.182. The second-order valence-electron chi connectivity index (χ2n) is 7.29. The Morgan fingerprint density at radius 1 is 1.03 bits per heavy atom. The topological polar surface area (TPSA) is 27.7 Å². The third-order valence-electron chi connectivity index (χ3n) is 5.40. The zero-order valence-corrected chi connectivity index (χ0v) is 16.6. The maximum atomic E-state index is 14.9. The number of ether oxygens (including phenoxy) is 3. The minimum absolute atomic E-state index is 0.0715. The van der Waals surface area contributed by atoms with Crippen molar-refractivity contribution in [3.63, 3.8) is 0 Å². The summed E-state index contributed by atoms with van der Waals surface area (Å²) in [7, 11) is 0. The van der Waals surface area contributed by atoms with Gasteiger partial charge in [0.2, 0.25) is 5.79 Å². The molecule has 152 valence electrons. The Morgan fingerprint density at radius 3 is 2.62 bits per heavy atom. The molecule has 0 aromatic heterocycles. The van der Waals surface area contributed by atoms with Crippen LogP contribution in [0.5, 0.6) is 5.75 Å². The van der Waals surface area contributed by atoms with Crippen molar-refractivity contribution in [1.29, 1.82) is 0 Å². The summed E-state index contributed by atoms with van der Waals surface area (Å²) in [5.74, 6) is -1.45. The molecule has 0 aliphatic carbocycles. The van der Waals surface area contributed by atoms with Gasteiger partial charge in [-0.15, -0.1) is 0 Å². The van der Waals surface area contributed by atoms with Gasteiger partial charge in [-0.05, 0) is 53.1 Å². The molecule has 4 rings (SSSR count). The second-order valence-corrected chi connectivity index (χ2v) is 7.29. The van der Waals surface area contributed by atoms with Gasteiger partial charge in [-0.1, -0.05) is 38.1 Å². The molecule has 3 aromatic carbocycles. The standard InChI is InChI=1S/C24H24F2O3/c1-3-20-15-28-24(4-2,29-20)23-21(26)6-5-7-22(23)27-14-16-8-9-17-10-11-19(25)13-18(17)12-16/h5-13,20H,3-4,14-15H2,1-2H3. The van der Waals surface area contributed by atoms with Gasteiger partial charge in [0.05, 0.1) is 18.3 Å². The average molecular weight is 398 g/mol. The first-order valence-corrected chi connectivity index (χ1v) is 9.96. The highest BCUT2D eigenvalue weighted by molar-refractivity contribution is 5.83. The fourth-order valence-corrected chi connectivity index (χ4v) is 3.77. The summed E-state index contributed by atoms with van der Waals surface area (Å²) in [4.78, 5) is 0. The van der Waals surface area contributed by atoms with Crippen LogP contribution in [0.15, 0.2) is 54.6 Å². The van der Waals surface area contributed by atoms with Crippen molar-refractivity contribution in [3.05, 3.63) is 77.4 Å². The summed E-state index contributed by atoms with van der Waals surface area (Å²) in [5, 5.41) is 1.74. The Kier molecular flexibility index (Phi) is 5.52. The van der Waals surface area contributed by atoms with Gasteiger partial charge in [0.1, 0.15) is 24.0 Å². The molecule has 5 heteroatoms. The molecule has 3 aromatic rings. The van der Waals surface area contributed by atoms with Gasteiger partial charge in [0, 0.05) is 6.42 Å². The van der Waals surface area contributed by atoms with Gasteiger partial charge in [-0.2, -0.15) is 0 Å². The second kappa shape index (κ2) is 8.09. The van der Waals surface area contributed by atoms with Crippen molar-refractivity contribution < 1.29 is 23.0 Å². The minimum Gasteiger partial charge on any atom is -0.488 e. The molecular formula is C24H24F2O3. The maximum absolute atomic E-state index is 14.9. The predicted molar refractivity (Wildman–Crippen MR) is 108 cm³/mol. The van der Waals surface area contributed by atoms with Gasteiger partial charge in [-0.3, -0.25) is 0 Å². The Hall–Kier alpha value is -2.50. The van der Waals surface area contributed by atoms with E-state index in [0.29, 0.717) is 24.3 Å². The molecule has 0 saturated carbocycles.